The molecule has 350 valence electrons. The summed E-state index contributed by atoms with van der Waals surface area (Å²) in [6.07, 6.45) is 45.9. The average Bonchev–Trinajstić information content (AvgIpc) is 3.25. The molecule has 9 nitrogen and oxygen atoms in total. The number of allylic oxidation sites excluding steroid dienone is 7. The zero-order chi connectivity index (χ0) is 43.7. The Balaban J connectivity index is 2.36. The van der Waals surface area contributed by atoms with Crippen LogP contribution in [0, 0.1) is 0 Å². The number of hydrogen-bond donors (Lipinski definition) is 6. The van der Waals surface area contributed by atoms with Gasteiger partial charge in [-0.15, -0.1) is 0 Å². The fraction of sp³-hybridized carbons (Fsp3) is 0.824. The van der Waals surface area contributed by atoms with E-state index >= 15 is 0 Å². The second-order valence-electron chi connectivity index (χ2n) is 17.2. The first-order chi connectivity index (χ1) is 29.3. The second-order valence-corrected chi connectivity index (χ2v) is 17.2. The molecular formula is C51H93NO8. The molecular weight excluding hydrogens is 755 g/mol. The van der Waals surface area contributed by atoms with E-state index in [0.717, 1.165) is 64.2 Å². The number of carbonyl (C=O) groups is 1. The Kier molecular flexibility index (Phi) is 38.5. The highest BCUT2D eigenvalue weighted by Gasteiger charge is 2.44. The fourth-order valence-corrected chi connectivity index (χ4v) is 7.59. The van der Waals surface area contributed by atoms with Crippen molar-refractivity contribution in [2.75, 3.05) is 13.2 Å². The smallest absolute Gasteiger partial charge is 0.220 e. The van der Waals surface area contributed by atoms with Gasteiger partial charge in [0.15, 0.2) is 6.29 Å². The molecule has 0 aromatic carbocycles. The first kappa shape index (κ1) is 56.2. The normalized spacial score (nSPS) is 20.9. The number of amides is 1. The largest absolute Gasteiger partial charge is 0.394 e. The van der Waals surface area contributed by atoms with Crippen molar-refractivity contribution in [1.29, 1.82) is 0 Å². The minimum atomic E-state index is -1.58. The maximum Gasteiger partial charge on any atom is 0.220 e. The molecule has 1 rings (SSSR count). The van der Waals surface area contributed by atoms with Crippen molar-refractivity contribution in [3.63, 3.8) is 0 Å². The van der Waals surface area contributed by atoms with Crippen molar-refractivity contribution < 1.29 is 39.8 Å². The lowest BCUT2D eigenvalue weighted by molar-refractivity contribution is -0.302. The van der Waals surface area contributed by atoms with Crippen LogP contribution in [0.3, 0.4) is 0 Å². The second kappa shape index (κ2) is 41.2. The Hall–Kier alpha value is -1.85. The van der Waals surface area contributed by atoms with Crippen LogP contribution in [0.2, 0.25) is 0 Å². The van der Waals surface area contributed by atoms with Crippen LogP contribution >= 0.6 is 0 Å². The van der Waals surface area contributed by atoms with Crippen molar-refractivity contribution in [2.24, 2.45) is 0 Å². The lowest BCUT2D eigenvalue weighted by atomic mass is 9.99. The quantitative estimate of drug-likeness (QED) is 0.0263. The van der Waals surface area contributed by atoms with E-state index in [2.05, 4.69) is 55.6 Å². The van der Waals surface area contributed by atoms with E-state index in [1.807, 2.05) is 6.08 Å². The van der Waals surface area contributed by atoms with Gasteiger partial charge in [0.1, 0.15) is 24.4 Å². The predicted octanol–water partition coefficient (Wildman–Crippen LogP) is 11.0. The fourth-order valence-electron chi connectivity index (χ4n) is 7.59. The summed E-state index contributed by atoms with van der Waals surface area (Å²) in [6.45, 7) is 3.74. The monoisotopic (exact) mass is 848 g/mol. The lowest BCUT2D eigenvalue weighted by Gasteiger charge is -2.40. The third-order valence-electron chi connectivity index (χ3n) is 11.6. The zero-order valence-electron chi connectivity index (χ0n) is 38.5. The molecule has 0 aromatic rings. The molecule has 0 bridgehead atoms. The van der Waals surface area contributed by atoms with Gasteiger partial charge in [0.05, 0.1) is 25.4 Å². The Morgan fingerprint density at radius 3 is 1.40 bits per heavy atom. The number of ether oxygens (including phenoxy) is 2. The van der Waals surface area contributed by atoms with Crippen molar-refractivity contribution in [2.45, 2.75) is 256 Å². The minimum absolute atomic E-state index is 0.200. The number of rotatable bonds is 41. The summed E-state index contributed by atoms with van der Waals surface area (Å²) in [5.74, 6) is -0.200. The molecule has 0 spiro atoms. The number of aliphatic hydroxyl groups excluding tert-OH is 5. The van der Waals surface area contributed by atoms with Gasteiger partial charge in [-0.25, -0.2) is 0 Å². The van der Waals surface area contributed by atoms with Gasteiger partial charge < -0.3 is 40.3 Å². The standard InChI is InChI=1S/C51H93NO8/c1-3-5-7-9-11-13-15-17-19-20-21-22-23-24-25-27-28-30-32-34-36-38-40-45(54)44(43-59-51-50(58)49(57)48(56)46(42-53)60-51)52-47(55)41-39-37-35-33-31-29-26-18-16-14-12-10-8-6-4-2/h18,24-26,30,32,38,40,44-46,48-51,53-54,56-58H,3-17,19-23,27-29,31,33-37,39,41-43H2,1-2H3,(H,52,55)/b25-24+,26-18-,32-30+,40-38+. The van der Waals surface area contributed by atoms with Crippen LogP contribution in [-0.2, 0) is 14.3 Å². The molecule has 1 aliphatic rings. The van der Waals surface area contributed by atoms with Gasteiger partial charge in [0.2, 0.25) is 5.91 Å². The number of aliphatic hydroxyl groups is 5. The van der Waals surface area contributed by atoms with Crippen LogP contribution in [0.25, 0.3) is 0 Å². The van der Waals surface area contributed by atoms with E-state index in [0.29, 0.717) is 6.42 Å². The average molecular weight is 848 g/mol. The summed E-state index contributed by atoms with van der Waals surface area (Å²) in [6, 6.07) is -0.832. The lowest BCUT2D eigenvalue weighted by Crippen LogP contribution is -2.60. The van der Waals surface area contributed by atoms with Crippen LogP contribution in [-0.4, -0.2) is 87.5 Å². The first-order valence-electron chi connectivity index (χ1n) is 24.9. The number of unbranched alkanes of at least 4 members (excludes halogenated alkanes) is 25. The molecule has 0 aromatic heterocycles. The molecule has 0 radical (unpaired) electrons. The van der Waals surface area contributed by atoms with E-state index in [9.17, 15) is 30.3 Å². The Bertz CT molecular complexity index is 1080. The highest BCUT2D eigenvalue weighted by Crippen LogP contribution is 2.22. The summed E-state index contributed by atoms with van der Waals surface area (Å²) in [4.78, 5) is 13.0. The molecule has 0 aliphatic carbocycles. The zero-order valence-corrected chi connectivity index (χ0v) is 38.5. The van der Waals surface area contributed by atoms with Crippen LogP contribution in [0.1, 0.15) is 213 Å². The predicted molar refractivity (Wildman–Crippen MR) is 249 cm³/mol. The molecule has 1 saturated heterocycles. The van der Waals surface area contributed by atoms with E-state index < -0.39 is 49.5 Å². The van der Waals surface area contributed by atoms with E-state index in [4.69, 9.17) is 9.47 Å². The Morgan fingerprint density at radius 1 is 0.550 bits per heavy atom. The van der Waals surface area contributed by atoms with Gasteiger partial charge in [0, 0.05) is 6.42 Å². The third-order valence-corrected chi connectivity index (χ3v) is 11.6. The van der Waals surface area contributed by atoms with Gasteiger partial charge in [0.25, 0.3) is 0 Å². The molecule has 7 atom stereocenters. The number of hydrogen-bond acceptors (Lipinski definition) is 8. The summed E-state index contributed by atoms with van der Waals surface area (Å²) in [5.41, 5.74) is 0. The molecule has 1 fully saturated rings. The summed E-state index contributed by atoms with van der Waals surface area (Å²) >= 11 is 0. The van der Waals surface area contributed by atoms with Gasteiger partial charge in [-0.2, -0.15) is 0 Å². The van der Waals surface area contributed by atoms with Crippen molar-refractivity contribution in [3.05, 3.63) is 48.6 Å². The van der Waals surface area contributed by atoms with E-state index in [1.165, 1.54) is 128 Å². The molecule has 6 N–H and O–H groups in total. The number of nitrogens with one attached hydrogen (secondary N) is 1. The maximum absolute atomic E-state index is 13.0. The Labute approximate surface area is 367 Å². The van der Waals surface area contributed by atoms with Crippen molar-refractivity contribution in [1.82, 2.24) is 5.32 Å². The van der Waals surface area contributed by atoms with E-state index in [-0.39, 0.29) is 12.5 Å². The maximum atomic E-state index is 13.0. The topological polar surface area (TPSA) is 149 Å². The molecule has 0 saturated carbocycles. The van der Waals surface area contributed by atoms with Crippen LogP contribution < -0.4 is 5.32 Å². The van der Waals surface area contributed by atoms with Crippen LogP contribution in [0.4, 0.5) is 0 Å². The minimum Gasteiger partial charge on any atom is -0.394 e. The van der Waals surface area contributed by atoms with Gasteiger partial charge >= 0.3 is 0 Å². The highest BCUT2D eigenvalue weighted by atomic mass is 16.7. The molecule has 7 unspecified atom stereocenters. The van der Waals surface area contributed by atoms with E-state index in [1.54, 1.807) is 6.08 Å². The third kappa shape index (κ3) is 31.1. The highest BCUT2D eigenvalue weighted by molar-refractivity contribution is 5.76. The summed E-state index contributed by atoms with van der Waals surface area (Å²) in [5, 5.41) is 54.2. The molecule has 1 heterocycles. The summed E-state index contributed by atoms with van der Waals surface area (Å²) in [7, 11) is 0. The first-order valence-corrected chi connectivity index (χ1v) is 24.9. The van der Waals surface area contributed by atoms with Gasteiger partial charge in [-0.05, 0) is 70.6 Å². The molecule has 60 heavy (non-hydrogen) atoms. The van der Waals surface area contributed by atoms with Crippen LogP contribution in [0.15, 0.2) is 48.6 Å². The van der Waals surface area contributed by atoms with Gasteiger partial charge in [-0.1, -0.05) is 184 Å². The number of carbonyl (C=O) groups excluding carboxylic acids is 1. The molecule has 9 heteroatoms. The molecule has 1 amide bonds. The van der Waals surface area contributed by atoms with Crippen molar-refractivity contribution >= 4 is 5.91 Å². The molecule has 1 aliphatic heterocycles. The van der Waals surface area contributed by atoms with Crippen molar-refractivity contribution in [3.8, 4) is 0 Å². The van der Waals surface area contributed by atoms with Crippen LogP contribution in [0.5, 0.6) is 0 Å². The Morgan fingerprint density at radius 2 is 0.950 bits per heavy atom. The van der Waals surface area contributed by atoms with Gasteiger partial charge in [-0.3, -0.25) is 4.79 Å². The SMILES string of the molecule is CCCCCCCC/C=C\CCCCCCCC(=O)NC(COC1OC(CO)C(O)C(O)C1O)C(O)/C=C/CC/C=C/CC/C=C/CCCCCCCCCCCCCC. The summed E-state index contributed by atoms with van der Waals surface area (Å²) < 4.78 is 11.2.